The first-order valence-corrected chi connectivity index (χ1v) is 11.8. The monoisotopic (exact) mass is 452 g/mol. The van der Waals surface area contributed by atoms with Gasteiger partial charge in [0.05, 0.1) is 25.5 Å². The van der Waals surface area contributed by atoms with E-state index >= 15 is 0 Å². The number of nitrogens with zero attached hydrogens (tertiary/aromatic N) is 4. The normalized spacial score (nSPS) is 18.3. The van der Waals surface area contributed by atoms with Crippen molar-refractivity contribution in [1.82, 2.24) is 19.7 Å². The number of carbonyl (C=O) groups excluding carboxylic acids is 1. The first-order chi connectivity index (χ1) is 15.6. The van der Waals surface area contributed by atoms with E-state index in [1.54, 1.807) is 38.6 Å². The van der Waals surface area contributed by atoms with Crippen LogP contribution in [0.15, 0.2) is 47.9 Å². The van der Waals surface area contributed by atoms with Crippen molar-refractivity contribution in [1.29, 1.82) is 0 Å². The Kier molecular flexibility index (Phi) is 7.09. The average Bonchev–Trinajstić information content (AvgIpc) is 3.26. The highest BCUT2D eigenvalue weighted by Crippen LogP contribution is 2.39. The SMILES string of the molecule is COc1ccc(C(=O)CSc2nnc(-c3cccnc3)n2[C@@H]2CCCC[C@@H]2C)c(OC)c1. The van der Waals surface area contributed by atoms with Gasteiger partial charge in [-0.1, -0.05) is 31.5 Å². The molecule has 168 valence electrons. The topological polar surface area (TPSA) is 79.1 Å². The number of benzene rings is 1. The molecule has 0 unspecified atom stereocenters. The van der Waals surface area contributed by atoms with Gasteiger partial charge in [-0.15, -0.1) is 10.2 Å². The van der Waals surface area contributed by atoms with Crippen LogP contribution >= 0.6 is 11.8 Å². The van der Waals surface area contributed by atoms with E-state index in [1.807, 2.05) is 18.3 Å². The lowest BCUT2D eigenvalue weighted by Crippen LogP contribution is -2.22. The number of pyridine rings is 1. The minimum absolute atomic E-state index is 0.0244. The Hall–Kier alpha value is -2.87. The zero-order valence-electron chi connectivity index (χ0n) is 18.7. The number of Topliss-reactive ketones (excluding diaryl/α,β-unsaturated/α-hetero) is 1. The Balaban J connectivity index is 1.61. The van der Waals surface area contributed by atoms with Crippen molar-refractivity contribution in [3.8, 4) is 22.9 Å². The van der Waals surface area contributed by atoms with Gasteiger partial charge in [0.1, 0.15) is 11.5 Å². The second-order valence-corrected chi connectivity index (χ2v) is 8.97. The van der Waals surface area contributed by atoms with Crippen LogP contribution in [0.2, 0.25) is 0 Å². The molecule has 1 aromatic carbocycles. The van der Waals surface area contributed by atoms with Gasteiger partial charge >= 0.3 is 0 Å². The molecule has 0 aliphatic heterocycles. The van der Waals surface area contributed by atoms with E-state index in [0.29, 0.717) is 29.0 Å². The number of rotatable bonds is 8. The maximum absolute atomic E-state index is 13.0. The number of ether oxygens (including phenoxy) is 2. The van der Waals surface area contributed by atoms with Crippen LogP contribution in [0.4, 0.5) is 0 Å². The van der Waals surface area contributed by atoms with Gasteiger partial charge in [-0.25, -0.2) is 0 Å². The summed E-state index contributed by atoms with van der Waals surface area (Å²) in [4.78, 5) is 17.3. The summed E-state index contributed by atoms with van der Waals surface area (Å²) in [5, 5.41) is 9.75. The molecule has 4 rings (SSSR count). The molecule has 2 aromatic heterocycles. The predicted molar refractivity (Wildman–Crippen MR) is 125 cm³/mol. The van der Waals surface area contributed by atoms with Gasteiger partial charge in [0, 0.05) is 30.1 Å². The molecule has 0 radical (unpaired) electrons. The van der Waals surface area contributed by atoms with Gasteiger partial charge in [0.2, 0.25) is 0 Å². The number of thioether (sulfide) groups is 1. The fourth-order valence-corrected chi connectivity index (χ4v) is 5.16. The van der Waals surface area contributed by atoms with E-state index in [-0.39, 0.29) is 11.5 Å². The molecule has 2 heterocycles. The number of aromatic nitrogens is 4. The predicted octanol–water partition coefficient (Wildman–Crippen LogP) is 5.08. The van der Waals surface area contributed by atoms with Crippen molar-refractivity contribution >= 4 is 17.5 Å². The molecule has 8 heteroatoms. The molecule has 2 atom stereocenters. The largest absolute Gasteiger partial charge is 0.497 e. The third-order valence-electron chi connectivity index (χ3n) is 6.02. The van der Waals surface area contributed by atoms with Crippen LogP contribution in [-0.2, 0) is 0 Å². The van der Waals surface area contributed by atoms with Crippen molar-refractivity contribution < 1.29 is 14.3 Å². The maximum atomic E-state index is 13.0. The van der Waals surface area contributed by atoms with Crippen molar-refractivity contribution in [3.05, 3.63) is 48.3 Å². The number of carbonyl (C=O) groups is 1. The van der Waals surface area contributed by atoms with E-state index in [1.165, 1.54) is 31.0 Å². The molecule has 7 nitrogen and oxygen atoms in total. The van der Waals surface area contributed by atoms with Crippen molar-refractivity contribution in [3.63, 3.8) is 0 Å². The average molecular weight is 453 g/mol. The second kappa shape index (κ2) is 10.2. The first-order valence-electron chi connectivity index (χ1n) is 10.9. The van der Waals surface area contributed by atoms with E-state index in [9.17, 15) is 4.79 Å². The van der Waals surface area contributed by atoms with Gasteiger partial charge in [0.25, 0.3) is 0 Å². The lowest BCUT2D eigenvalue weighted by molar-refractivity contribution is 0.101. The Labute approximate surface area is 192 Å². The van der Waals surface area contributed by atoms with Crippen LogP contribution in [0.1, 0.15) is 49.0 Å². The molecule has 0 spiro atoms. The third kappa shape index (κ3) is 4.65. The highest BCUT2D eigenvalue weighted by Gasteiger charge is 2.29. The van der Waals surface area contributed by atoms with Gasteiger partial charge in [-0.3, -0.25) is 14.3 Å². The molecular formula is C24H28N4O3S. The minimum atomic E-state index is -0.0244. The van der Waals surface area contributed by atoms with Gasteiger partial charge in [0.15, 0.2) is 16.8 Å². The fraction of sp³-hybridized carbons (Fsp3) is 0.417. The molecule has 3 aromatic rings. The summed E-state index contributed by atoms with van der Waals surface area (Å²) in [5.74, 6) is 2.71. The van der Waals surface area contributed by atoms with Crippen molar-refractivity contribution in [2.45, 2.75) is 43.8 Å². The lowest BCUT2D eigenvalue weighted by Gasteiger charge is -2.31. The summed E-state index contributed by atoms with van der Waals surface area (Å²) in [6, 6.07) is 9.46. The summed E-state index contributed by atoms with van der Waals surface area (Å²) in [6.07, 6.45) is 8.27. The highest BCUT2D eigenvalue weighted by atomic mass is 32.2. The highest BCUT2D eigenvalue weighted by molar-refractivity contribution is 7.99. The van der Waals surface area contributed by atoms with Crippen LogP contribution in [0.5, 0.6) is 11.5 Å². The third-order valence-corrected chi connectivity index (χ3v) is 6.97. The van der Waals surface area contributed by atoms with Crippen LogP contribution in [0.25, 0.3) is 11.4 Å². The minimum Gasteiger partial charge on any atom is -0.497 e. The van der Waals surface area contributed by atoms with E-state index in [0.717, 1.165) is 23.0 Å². The summed E-state index contributed by atoms with van der Waals surface area (Å²) in [7, 11) is 3.14. The first kappa shape index (κ1) is 22.3. The van der Waals surface area contributed by atoms with Gasteiger partial charge < -0.3 is 9.47 Å². The molecule has 0 saturated heterocycles. The van der Waals surface area contributed by atoms with Crippen LogP contribution in [0.3, 0.4) is 0 Å². The molecule has 1 fully saturated rings. The van der Waals surface area contributed by atoms with Crippen molar-refractivity contribution in [2.24, 2.45) is 5.92 Å². The Morgan fingerprint density at radius 3 is 2.72 bits per heavy atom. The molecule has 1 aliphatic carbocycles. The lowest BCUT2D eigenvalue weighted by atomic mass is 9.85. The maximum Gasteiger partial charge on any atom is 0.192 e. The number of ketones is 1. The number of hydrogen-bond acceptors (Lipinski definition) is 7. The summed E-state index contributed by atoms with van der Waals surface area (Å²) >= 11 is 1.42. The van der Waals surface area contributed by atoms with Crippen molar-refractivity contribution in [2.75, 3.05) is 20.0 Å². The van der Waals surface area contributed by atoms with Gasteiger partial charge in [-0.05, 0) is 43.0 Å². The zero-order valence-corrected chi connectivity index (χ0v) is 19.5. The molecule has 32 heavy (non-hydrogen) atoms. The zero-order chi connectivity index (χ0) is 22.5. The smallest absolute Gasteiger partial charge is 0.192 e. The Bertz CT molecular complexity index is 1070. The van der Waals surface area contributed by atoms with E-state index in [4.69, 9.17) is 9.47 Å². The summed E-state index contributed by atoms with van der Waals surface area (Å²) in [5.41, 5.74) is 1.47. The van der Waals surface area contributed by atoms with E-state index in [2.05, 4.69) is 26.7 Å². The molecule has 0 amide bonds. The van der Waals surface area contributed by atoms with Crippen LogP contribution < -0.4 is 9.47 Å². The standard InChI is InChI=1S/C24H28N4O3S/c1-16-7-4-5-9-20(16)28-23(17-8-6-12-25-14-17)26-27-24(28)32-15-21(29)19-11-10-18(30-2)13-22(19)31-3/h6,8,10-14,16,20H,4-5,7,9,15H2,1-3H3/t16-,20+/m0/s1. The molecule has 1 saturated carbocycles. The summed E-state index contributed by atoms with van der Waals surface area (Å²) < 4.78 is 12.9. The Morgan fingerprint density at radius 2 is 2.00 bits per heavy atom. The summed E-state index contributed by atoms with van der Waals surface area (Å²) in [6.45, 7) is 2.29. The molecular weight excluding hydrogens is 424 g/mol. The molecule has 0 N–H and O–H groups in total. The molecule has 1 aliphatic rings. The Morgan fingerprint density at radius 1 is 1.16 bits per heavy atom. The quantitative estimate of drug-likeness (QED) is 0.348. The van der Waals surface area contributed by atoms with Gasteiger partial charge in [-0.2, -0.15) is 0 Å². The fourth-order valence-electron chi connectivity index (χ4n) is 4.28. The van der Waals surface area contributed by atoms with Crippen LogP contribution in [-0.4, -0.2) is 45.5 Å². The number of methoxy groups -OCH3 is 2. The number of hydrogen-bond donors (Lipinski definition) is 0. The second-order valence-electron chi connectivity index (χ2n) is 8.03. The van der Waals surface area contributed by atoms with Crippen LogP contribution in [0, 0.1) is 5.92 Å². The van der Waals surface area contributed by atoms with E-state index < -0.39 is 0 Å². The molecule has 0 bridgehead atoms.